The number of hydrogen-bond donors (Lipinski definition) is 3. The molecule has 0 saturated carbocycles. The number of primary amides is 1. The first-order chi connectivity index (χ1) is 11.6. The minimum absolute atomic E-state index is 0.202. The van der Waals surface area contributed by atoms with E-state index in [1.807, 2.05) is 12.1 Å². The maximum atomic E-state index is 13.2. The molecule has 0 bridgehead atoms. The van der Waals surface area contributed by atoms with Gasteiger partial charge >= 0.3 is 0 Å². The number of furan rings is 1. The lowest BCUT2D eigenvalue weighted by atomic mass is 10.2. The summed E-state index contributed by atoms with van der Waals surface area (Å²) in [6.45, 7) is 0.422. The van der Waals surface area contributed by atoms with Crippen LogP contribution < -0.4 is 11.1 Å². The zero-order valence-electron chi connectivity index (χ0n) is 12.5. The molecular weight excluding hydrogens is 311 g/mol. The number of anilines is 1. The van der Waals surface area contributed by atoms with Crippen molar-refractivity contribution in [3.05, 3.63) is 59.7 Å². The van der Waals surface area contributed by atoms with Gasteiger partial charge in [-0.3, -0.25) is 9.89 Å². The van der Waals surface area contributed by atoms with Gasteiger partial charge in [0.1, 0.15) is 17.2 Å². The summed E-state index contributed by atoms with van der Waals surface area (Å²) in [7, 11) is 0. The van der Waals surface area contributed by atoms with Crippen LogP contribution in [-0.4, -0.2) is 16.1 Å². The Morgan fingerprint density at radius 3 is 2.96 bits per heavy atom. The minimum Gasteiger partial charge on any atom is -0.459 e. The lowest BCUT2D eigenvalue weighted by molar-refractivity contribution is 0.0997. The Kier molecular flexibility index (Phi) is 3.19. The molecule has 0 aliphatic carbocycles. The van der Waals surface area contributed by atoms with E-state index in [1.54, 1.807) is 18.2 Å². The highest BCUT2D eigenvalue weighted by Crippen LogP contribution is 2.23. The monoisotopic (exact) mass is 324 g/mol. The molecule has 4 rings (SSSR count). The Bertz CT molecular complexity index is 1070. The first-order valence-electron chi connectivity index (χ1n) is 7.30. The molecule has 1 amide bonds. The van der Waals surface area contributed by atoms with E-state index in [1.165, 1.54) is 12.1 Å². The van der Waals surface area contributed by atoms with Crippen LogP contribution in [0, 0.1) is 5.82 Å². The zero-order valence-corrected chi connectivity index (χ0v) is 12.5. The molecule has 0 spiro atoms. The number of aromatic nitrogens is 2. The predicted molar refractivity (Wildman–Crippen MR) is 88.1 cm³/mol. The first kappa shape index (κ1) is 14.3. The second-order valence-electron chi connectivity index (χ2n) is 5.45. The third kappa shape index (κ3) is 2.45. The van der Waals surface area contributed by atoms with Crippen LogP contribution in [0.1, 0.15) is 16.2 Å². The van der Waals surface area contributed by atoms with E-state index < -0.39 is 5.91 Å². The maximum absolute atomic E-state index is 13.2. The van der Waals surface area contributed by atoms with E-state index in [2.05, 4.69) is 15.5 Å². The molecule has 0 aliphatic heterocycles. The van der Waals surface area contributed by atoms with Gasteiger partial charge in [-0.05, 0) is 42.5 Å². The fourth-order valence-electron chi connectivity index (χ4n) is 2.66. The van der Waals surface area contributed by atoms with Gasteiger partial charge in [-0.1, -0.05) is 0 Å². The highest BCUT2D eigenvalue weighted by Gasteiger charge is 2.11. The third-order valence-electron chi connectivity index (χ3n) is 3.79. The van der Waals surface area contributed by atoms with Crippen molar-refractivity contribution in [2.45, 2.75) is 6.54 Å². The fourth-order valence-corrected chi connectivity index (χ4v) is 2.66. The number of halogens is 1. The molecule has 0 atom stereocenters. The molecule has 6 nitrogen and oxygen atoms in total. The van der Waals surface area contributed by atoms with Gasteiger partial charge in [-0.2, -0.15) is 5.10 Å². The van der Waals surface area contributed by atoms with E-state index in [9.17, 15) is 9.18 Å². The van der Waals surface area contributed by atoms with Gasteiger partial charge in [-0.25, -0.2) is 4.39 Å². The van der Waals surface area contributed by atoms with Crippen molar-refractivity contribution in [2.24, 2.45) is 5.73 Å². The van der Waals surface area contributed by atoms with Crippen molar-refractivity contribution in [3.8, 4) is 0 Å². The lowest BCUT2D eigenvalue weighted by Crippen LogP contribution is -2.11. The second kappa shape index (κ2) is 5.38. The normalized spacial score (nSPS) is 11.2. The summed E-state index contributed by atoms with van der Waals surface area (Å²) in [6, 6.07) is 11.6. The highest BCUT2D eigenvalue weighted by atomic mass is 19.1. The fraction of sp³-hybridized carbons (Fsp3) is 0.0588. The molecule has 0 radical (unpaired) electrons. The molecule has 0 saturated heterocycles. The van der Waals surface area contributed by atoms with Gasteiger partial charge in [0.15, 0.2) is 5.69 Å². The van der Waals surface area contributed by atoms with Crippen LogP contribution >= 0.6 is 0 Å². The van der Waals surface area contributed by atoms with Crippen molar-refractivity contribution < 1.29 is 13.6 Å². The number of hydrogen-bond acceptors (Lipinski definition) is 4. The molecule has 4 N–H and O–H groups in total. The molecule has 2 aromatic carbocycles. The van der Waals surface area contributed by atoms with Crippen molar-refractivity contribution >= 4 is 33.5 Å². The topological polar surface area (TPSA) is 96.9 Å². The van der Waals surface area contributed by atoms with E-state index in [0.717, 1.165) is 11.2 Å². The summed E-state index contributed by atoms with van der Waals surface area (Å²) in [5, 5.41) is 11.2. The van der Waals surface area contributed by atoms with Crippen LogP contribution in [0.2, 0.25) is 0 Å². The van der Waals surface area contributed by atoms with Crippen LogP contribution in [0.15, 0.2) is 46.9 Å². The molecular formula is C17H13FN4O2. The number of rotatable bonds is 4. The molecule has 4 aromatic rings. The van der Waals surface area contributed by atoms with E-state index in [4.69, 9.17) is 10.2 Å². The summed E-state index contributed by atoms with van der Waals surface area (Å²) in [5.74, 6) is -0.206. The number of carbonyl (C=O) groups excluding carboxylic acids is 1. The number of nitrogens with one attached hydrogen (secondary N) is 2. The Balaban J connectivity index is 1.59. The Morgan fingerprint density at radius 1 is 1.25 bits per heavy atom. The molecule has 7 heteroatoms. The van der Waals surface area contributed by atoms with E-state index >= 15 is 0 Å². The summed E-state index contributed by atoms with van der Waals surface area (Å²) >= 11 is 0. The summed E-state index contributed by atoms with van der Waals surface area (Å²) in [5.41, 5.74) is 7.66. The summed E-state index contributed by atoms with van der Waals surface area (Å²) in [6.07, 6.45) is 0. The number of benzene rings is 2. The van der Waals surface area contributed by atoms with Crippen LogP contribution in [0.25, 0.3) is 21.9 Å². The predicted octanol–water partition coefficient (Wildman–Crippen LogP) is 3.16. The minimum atomic E-state index is -0.585. The molecule has 2 heterocycles. The quantitative estimate of drug-likeness (QED) is 0.537. The van der Waals surface area contributed by atoms with Gasteiger partial charge in [0, 0.05) is 16.5 Å². The van der Waals surface area contributed by atoms with Gasteiger partial charge < -0.3 is 15.5 Å². The number of carbonyl (C=O) groups is 1. The number of aromatic amines is 1. The molecule has 0 fully saturated rings. The number of H-pyrrole nitrogens is 1. The van der Waals surface area contributed by atoms with Crippen LogP contribution in [0.4, 0.5) is 10.1 Å². The molecule has 24 heavy (non-hydrogen) atoms. The van der Waals surface area contributed by atoms with Crippen LogP contribution in [0.3, 0.4) is 0 Å². The summed E-state index contributed by atoms with van der Waals surface area (Å²) < 4.78 is 18.9. The van der Waals surface area contributed by atoms with Gasteiger partial charge in [0.2, 0.25) is 0 Å². The third-order valence-corrected chi connectivity index (χ3v) is 3.79. The number of fused-ring (bicyclic) bond motifs is 2. The van der Waals surface area contributed by atoms with Gasteiger partial charge in [0.25, 0.3) is 5.91 Å². The highest BCUT2D eigenvalue weighted by molar-refractivity contribution is 6.04. The Morgan fingerprint density at radius 2 is 2.12 bits per heavy atom. The molecule has 0 unspecified atom stereocenters. The second-order valence-corrected chi connectivity index (χ2v) is 5.45. The van der Waals surface area contributed by atoms with E-state index in [0.29, 0.717) is 28.7 Å². The summed E-state index contributed by atoms with van der Waals surface area (Å²) in [4.78, 5) is 11.4. The average Bonchev–Trinajstić information content (AvgIpc) is 3.15. The van der Waals surface area contributed by atoms with Crippen molar-refractivity contribution in [1.29, 1.82) is 0 Å². The number of amides is 1. The standard InChI is InChI=1S/C17H13FN4O2/c18-10-1-4-15-9(5-10)6-12(24-15)8-20-11-2-3-14-13(7-11)16(17(19)23)22-21-14/h1-7,20H,8H2,(H2,19,23)(H,21,22). The van der Waals surface area contributed by atoms with Crippen molar-refractivity contribution in [3.63, 3.8) is 0 Å². The SMILES string of the molecule is NC(=O)c1n[nH]c2ccc(NCc3cc4cc(F)ccc4o3)cc12. The van der Waals surface area contributed by atoms with Crippen LogP contribution in [-0.2, 0) is 6.54 Å². The lowest BCUT2D eigenvalue weighted by Gasteiger charge is -2.04. The molecule has 0 aliphatic rings. The Hall–Kier alpha value is -3.35. The maximum Gasteiger partial charge on any atom is 0.269 e. The first-order valence-corrected chi connectivity index (χ1v) is 7.30. The van der Waals surface area contributed by atoms with E-state index in [-0.39, 0.29) is 11.5 Å². The van der Waals surface area contributed by atoms with Crippen molar-refractivity contribution in [2.75, 3.05) is 5.32 Å². The zero-order chi connectivity index (χ0) is 16.7. The van der Waals surface area contributed by atoms with Gasteiger partial charge in [0.05, 0.1) is 12.1 Å². The van der Waals surface area contributed by atoms with Crippen molar-refractivity contribution in [1.82, 2.24) is 10.2 Å². The van der Waals surface area contributed by atoms with Gasteiger partial charge in [-0.15, -0.1) is 0 Å². The molecule has 2 aromatic heterocycles. The van der Waals surface area contributed by atoms with Crippen LogP contribution in [0.5, 0.6) is 0 Å². The largest absolute Gasteiger partial charge is 0.459 e. The Labute approximate surface area is 135 Å². The molecule has 120 valence electrons. The smallest absolute Gasteiger partial charge is 0.269 e. The number of nitrogens with two attached hydrogens (primary N) is 1. The number of nitrogens with zero attached hydrogens (tertiary/aromatic N) is 1. The average molecular weight is 324 g/mol.